The molecular weight excluding hydrogens is 345 g/mol. The van der Waals surface area contributed by atoms with E-state index in [4.69, 9.17) is 21.1 Å². The Labute approximate surface area is 142 Å². The van der Waals surface area contributed by atoms with E-state index < -0.39 is 22.7 Å². The van der Waals surface area contributed by atoms with E-state index in [2.05, 4.69) is 0 Å². The smallest absolute Gasteiger partial charge is 0.417 e. The Morgan fingerprint density at radius 2 is 1.79 bits per heavy atom. The average molecular weight is 359 g/mol. The molecule has 2 aromatic carbocycles. The lowest BCUT2D eigenvalue weighted by atomic mass is 10.1. The van der Waals surface area contributed by atoms with Crippen molar-refractivity contribution in [1.82, 2.24) is 0 Å². The summed E-state index contributed by atoms with van der Waals surface area (Å²) in [7, 11) is 0. The summed E-state index contributed by atoms with van der Waals surface area (Å²) in [6, 6.07) is 9.75. The molecule has 0 aromatic heterocycles. The van der Waals surface area contributed by atoms with Gasteiger partial charge in [0.2, 0.25) is 0 Å². The molecule has 0 fully saturated rings. The van der Waals surface area contributed by atoms with Crippen LogP contribution in [-0.4, -0.2) is 12.6 Å². The first-order chi connectivity index (χ1) is 11.3. The fraction of sp³-hybridized carbons (Fsp3) is 0.235. The standard InChI is InChI=1S/C17H14ClF3O3/c1-2-23-16(22)12-5-3-11(4-6-12)10-24-13-7-8-14(15(18)9-13)17(19,20)21/h3-9H,2,10H2,1H3. The van der Waals surface area contributed by atoms with Crippen molar-refractivity contribution in [3.63, 3.8) is 0 Å². The molecule has 2 rings (SSSR count). The van der Waals surface area contributed by atoms with Gasteiger partial charge in [-0.1, -0.05) is 23.7 Å². The molecule has 0 aliphatic carbocycles. The van der Waals surface area contributed by atoms with Crippen molar-refractivity contribution in [2.75, 3.05) is 6.61 Å². The lowest BCUT2D eigenvalue weighted by Crippen LogP contribution is -2.06. The Morgan fingerprint density at radius 1 is 1.12 bits per heavy atom. The minimum absolute atomic E-state index is 0.130. The molecule has 0 spiro atoms. The van der Waals surface area contributed by atoms with Crippen molar-refractivity contribution in [1.29, 1.82) is 0 Å². The van der Waals surface area contributed by atoms with Gasteiger partial charge in [-0.2, -0.15) is 13.2 Å². The van der Waals surface area contributed by atoms with Crippen LogP contribution in [0.25, 0.3) is 0 Å². The number of rotatable bonds is 5. The minimum atomic E-state index is -4.50. The van der Waals surface area contributed by atoms with E-state index in [1.54, 1.807) is 31.2 Å². The number of carbonyl (C=O) groups excluding carboxylic acids is 1. The molecule has 0 heterocycles. The van der Waals surface area contributed by atoms with Crippen LogP contribution in [0.2, 0.25) is 5.02 Å². The summed E-state index contributed by atoms with van der Waals surface area (Å²) in [5.74, 6) is -0.193. The Hall–Kier alpha value is -2.21. The van der Waals surface area contributed by atoms with Crippen LogP contribution in [0.5, 0.6) is 5.75 Å². The van der Waals surface area contributed by atoms with Crippen LogP contribution in [0.1, 0.15) is 28.4 Å². The quantitative estimate of drug-likeness (QED) is 0.696. The zero-order valence-corrected chi connectivity index (χ0v) is 13.4. The summed E-state index contributed by atoms with van der Waals surface area (Å²) >= 11 is 5.63. The Bertz CT molecular complexity index is 712. The zero-order chi connectivity index (χ0) is 17.7. The highest BCUT2D eigenvalue weighted by Gasteiger charge is 2.33. The summed E-state index contributed by atoms with van der Waals surface area (Å²) in [6.45, 7) is 2.14. The van der Waals surface area contributed by atoms with Gasteiger partial charge >= 0.3 is 12.1 Å². The van der Waals surface area contributed by atoms with Crippen molar-refractivity contribution in [2.24, 2.45) is 0 Å². The molecule has 24 heavy (non-hydrogen) atoms. The maximum Gasteiger partial charge on any atom is 0.417 e. The third kappa shape index (κ3) is 4.64. The van der Waals surface area contributed by atoms with Gasteiger partial charge in [0, 0.05) is 0 Å². The number of hydrogen-bond donors (Lipinski definition) is 0. The second-order valence-electron chi connectivity index (χ2n) is 4.85. The van der Waals surface area contributed by atoms with Crippen LogP contribution >= 0.6 is 11.6 Å². The van der Waals surface area contributed by atoms with Crippen molar-refractivity contribution >= 4 is 17.6 Å². The van der Waals surface area contributed by atoms with Crippen molar-refractivity contribution < 1.29 is 27.4 Å². The van der Waals surface area contributed by atoms with Gasteiger partial charge in [0.15, 0.2) is 0 Å². The van der Waals surface area contributed by atoms with Crippen molar-refractivity contribution in [2.45, 2.75) is 19.7 Å². The SMILES string of the molecule is CCOC(=O)c1ccc(COc2ccc(C(F)(F)F)c(Cl)c2)cc1. The number of hydrogen-bond acceptors (Lipinski definition) is 3. The van der Waals surface area contributed by atoms with E-state index in [0.29, 0.717) is 12.2 Å². The summed E-state index contributed by atoms with van der Waals surface area (Å²) in [4.78, 5) is 11.5. The predicted molar refractivity (Wildman–Crippen MR) is 83.2 cm³/mol. The van der Waals surface area contributed by atoms with Gasteiger partial charge in [-0.05, 0) is 42.8 Å². The molecule has 3 nitrogen and oxygen atoms in total. The molecule has 0 unspecified atom stereocenters. The molecule has 0 N–H and O–H groups in total. The monoisotopic (exact) mass is 358 g/mol. The van der Waals surface area contributed by atoms with Crippen molar-refractivity contribution in [3.05, 3.63) is 64.2 Å². The third-order valence-electron chi connectivity index (χ3n) is 3.12. The number of halogens is 4. The first kappa shape index (κ1) is 18.1. The second-order valence-corrected chi connectivity index (χ2v) is 5.25. The topological polar surface area (TPSA) is 35.5 Å². The number of esters is 1. The van der Waals surface area contributed by atoms with E-state index in [-0.39, 0.29) is 12.4 Å². The van der Waals surface area contributed by atoms with Crippen LogP contribution in [-0.2, 0) is 17.5 Å². The normalized spacial score (nSPS) is 11.2. The van der Waals surface area contributed by atoms with Gasteiger partial charge in [-0.15, -0.1) is 0 Å². The molecule has 0 atom stereocenters. The van der Waals surface area contributed by atoms with Gasteiger partial charge in [-0.3, -0.25) is 0 Å². The Morgan fingerprint density at radius 3 is 2.33 bits per heavy atom. The molecule has 128 valence electrons. The van der Waals surface area contributed by atoms with Crippen LogP contribution < -0.4 is 4.74 Å². The van der Waals surface area contributed by atoms with Crippen LogP contribution in [0.15, 0.2) is 42.5 Å². The maximum absolute atomic E-state index is 12.6. The van der Waals surface area contributed by atoms with Gasteiger partial charge in [0.1, 0.15) is 12.4 Å². The minimum Gasteiger partial charge on any atom is -0.489 e. The van der Waals surface area contributed by atoms with Crippen molar-refractivity contribution in [3.8, 4) is 5.75 Å². The van der Waals surface area contributed by atoms with Crippen LogP contribution in [0.3, 0.4) is 0 Å². The third-order valence-corrected chi connectivity index (χ3v) is 3.43. The number of benzene rings is 2. The fourth-order valence-corrected chi connectivity index (χ4v) is 2.21. The predicted octanol–water partition coefficient (Wildman–Crippen LogP) is 5.11. The second kappa shape index (κ2) is 7.57. The molecule has 0 saturated heterocycles. The summed E-state index contributed by atoms with van der Waals surface area (Å²) in [6.07, 6.45) is -4.50. The molecule has 2 aromatic rings. The molecule has 0 aliphatic rings. The summed E-state index contributed by atoms with van der Waals surface area (Å²) in [5, 5.41) is -0.419. The van der Waals surface area contributed by atoms with Gasteiger partial charge in [-0.25, -0.2) is 4.79 Å². The lowest BCUT2D eigenvalue weighted by molar-refractivity contribution is -0.137. The first-order valence-corrected chi connectivity index (χ1v) is 7.44. The molecule has 0 amide bonds. The summed E-state index contributed by atoms with van der Waals surface area (Å²) in [5.41, 5.74) is 0.257. The summed E-state index contributed by atoms with van der Waals surface area (Å²) < 4.78 is 48.2. The average Bonchev–Trinajstić information content (AvgIpc) is 2.52. The Kier molecular flexibility index (Phi) is 5.72. The molecular formula is C17H14ClF3O3. The molecule has 0 saturated carbocycles. The van der Waals surface area contributed by atoms with Crippen LogP contribution in [0, 0.1) is 0 Å². The lowest BCUT2D eigenvalue weighted by Gasteiger charge is -2.11. The molecule has 7 heteroatoms. The largest absolute Gasteiger partial charge is 0.489 e. The Balaban J connectivity index is 2.01. The van der Waals surface area contributed by atoms with Gasteiger partial charge < -0.3 is 9.47 Å². The van der Waals surface area contributed by atoms with E-state index in [1.165, 1.54) is 6.07 Å². The highest BCUT2D eigenvalue weighted by atomic mass is 35.5. The van der Waals surface area contributed by atoms with Gasteiger partial charge in [0.25, 0.3) is 0 Å². The first-order valence-electron chi connectivity index (χ1n) is 7.07. The van der Waals surface area contributed by atoms with E-state index in [1.807, 2.05) is 0 Å². The van der Waals surface area contributed by atoms with E-state index in [9.17, 15) is 18.0 Å². The fourth-order valence-electron chi connectivity index (χ4n) is 1.93. The number of ether oxygens (including phenoxy) is 2. The highest BCUT2D eigenvalue weighted by Crippen LogP contribution is 2.36. The molecule has 0 aliphatic heterocycles. The number of carbonyl (C=O) groups is 1. The maximum atomic E-state index is 12.6. The van der Waals surface area contributed by atoms with E-state index >= 15 is 0 Å². The molecule has 0 radical (unpaired) electrons. The van der Waals surface area contributed by atoms with Crippen LogP contribution in [0.4, 0.5) is 13.2 Å². The van der Waals surface area contributed by atoms with E-state index in [0.717, 1.165) is 17.7 Å². The zero-order valence-electron chi connectivity index (χ0n) is 12.7. The number of alkyl halides is 3. The highest BCUT2D eigenvalue weighted by molar-refractivity contribution is 6.31. The molecule has 0 bridgehead atoms. The van der Waals surface area contributed by atoms with Gasteiger partial charge in [0.05, 0.1) is 22.8 Å².